The van der Waals surface area contributed by atoms with Crippen LogP contribution in [-0.4, -0.2) is 35.0 Å². The van der Waals surface area contributed by atoms with Crippen molar-refractivity contribution < 1.29 is 14.3 Å². The molecule has 122 valence electrons. The molecule has 0 radical (unpaired) electrons. The number of hydrogen-bond donors (Lipinski definition) is 0. The van der Waals surface area contributed by atoms with Crippen molar-refractivity contribution in [3.8, 4) is 0 Å². The van der Waals surface area contributed by atoms with Gasteiger partial charge in [-0.3, -0.25) is 4.79 Å². The minimum absolute atomic E-state index is 0.0447. The highest BCUT2D eigenvalue weighted by molar-refractivity contribution is 9.10. The Balaban J connectivity index is 1.97. The highest BCUT2D eigenvalue weighted by Crippen LogP contribution is 2.43. The van der Waals surface area contributed by atoms with Crippen LogP contribution in [0.15, 0.2) is 40.0 Å². The molecule has 2 aliphatic rings. The molecule has 1 amide bonds. The normalized spacial score (nSPS) is 23.2. The predicted octanol–water partition coefficient (Wildman–Crippen LogP) is 3.18. The molecule has 2 aliphatic heterocycles. The van der Waals surface area contributed by atoms with E-state index in [1.54, 1.807) is 18.9 Å². The molecule has 2 fully saturated rings. The van der Waals surface area contributed by atoms with E-state index in [4.69, 9.17) is 4.74 Å². The van der Waals surface area contributed by atoms with Gasteiger partial charge in [-0.05, 0) is 31.5 Å². The van der Waals surface area contributed by atoms with Crippen molar-refractivity contribution in [1.82, 2.24) is 10.0 Å². The topological polar surface area (TPSA) is 49.9 Å². The fourth-order valence-electron chi connectivity index (χ4n) is 3.18. The van der Waals surface area contributed by atoms with Gasteiger partial charge in [0, 0.05) is 23.9 Å². The number of fused-ring (bicyclic) bond motifs is 1. The van der Waals surface area contributed by atoms with E-state index in [1.165, 1.54) is 0 Å². The van der Waals surface area contributed by atoms with E-state index in [9.17, 15) is 9.59 Å². The standard InChI is InChI=1S/C17H19BrN2O3/c1-3-23-17(22)11(2)14-10-15(12-4-6-13(18)7-5-12)19-9-8-16(21)20(14)19/h4-7,15H,3,8-10H2,1-2H3/b14-11-. The van der Waals surface area contributed by atoms with Crippen molar-refractivity contribution >= 4 is 27.8 Å². The Labute approximate surface area is 144 Å². The first-order valence-electron chi connectivity index (χ1n) is 7.74. The number of rotatable bonds is 3. The van der Waals surface area contributed by atoms with Crippen LogP contribution in [0.1, 0.15) is 38.3 Å². The average molecular weight is 379 g/mol. The molecule has 2 heterocycles. The number of hydrogen-bond acceptors (Lipinski definition) is 4. The summed E-state index contributed by atoms with van der Waals surface area (Å²) in [4.78, 5) is 24.3. The molecule has 2 saturated heterocycles. The van der Waals surface area contributed by atoms with Gasteiger partial charge in [-0.25, -0.2) is 14.8 Å². The lowest BCUT2D eigenvalue weighted by molar-refractivity contribution is -0.138. The maximum Gasteiger partial charge on any atom is 0.335 e. The van der Waals surface area contributed by atoms with Gasteiger partial charge in [0.15, 0.2) is 0 Å². The summed E-state index contributed by atoms with van der Waals surface area (Å²) in [7, 11) is 0. The van der Waals surface area contributed by atoms with E-state index in [0.29, 0.717) is 31.6 Å². The van der Waals surface area contributed by atoms with Crippen LogP contribution in [0, 0.1) is 0 Å². The lowest BCUT2D eigenvalue weighted by Crippen LogP contribution is -2.33. The SMILES string of the molecule is CCOC(=O)/C(C)=C1/CC(c2ccc(Br)cc2)N2CCC(=O)N12. The Hall–Kier alpha value is -1.66. The Kier molecular flexibility index (Phi) is 4.55. The molecule has 0 aromatic heterocycles. The van der Waals surface area contributed by atoms with Crippen LogP contribution in [-0.2, 0) is 14.3 Å². The van der Waals surface area contributed by atoms with Crippen molar-refractivity contribution in [2.24, 2.45) is 0 Å². The zero-order valence-electron chi connectivity index (χ0n) is 13.2. The van der Waals surface area contributed by atoms with Gasteiger partial charge in [0.25, 0.3) is 0 Å². The number of esters is 1. The van der Waals surface area contributed by atoms with Gasteiger partial charge >= 0.3 is 5.97 Å². The molecule has 1 aromatic rings. The number of nitrogens with zero attached hydrogens (tertiary/aromatic N) is 2. The first kappa shape index (κ1) is 16.2. The van der Waals surface area contributed by atoms with E-state index in [2.05, 4.69) is 33.1 Å². The van der Waals surface area contributed by atoms with Crippen LogP contribution in [0.2, 0.25) is 0 Å². The second kappa shape index (κ2) is 6.45. The summed E-state index contributed by atoms with van der Waals surface area (Å²) in [5.74, 6) is -0.304. The first-order chi connectivity index (χ1) is 11.0. The van der Waals surface area contributed by atoms with Crippen LogP contribution in [0.3, 0.4) is 0 Å². The molecule has 0 spiro atoms. The molecule has 23 heavy (non-hydrogen) atoms. The summed E-state index contributed by atoms with van der Waals surface area (Å²) in [5, 5.41) is 3.74. The summed E-state index contributed by atoms with van der Waals surface area (Å²) in [5.41, 5.74) is 2.42. The fourth-order valence-corrected chi connectivity index (χ4v) is 3.44. The van der Waals surface area contributed by atoms with Crippen LogP contribution in [0.25, 0.3) is 0 Å². The molecule has 1 aromatic carbocycles. The van der Waals surface area contributed by atoms with Crippen LogP contribution < -0.4 is 0 Å². The van der Waals surface area contributed by atoms with Gasteiger partial charge in [0.05, 0.1) is 23.9 Å². The predicted molar refractivity (Wildman–Crippen MR) is 89.0 cm³/mol. The summed E-state index contributed by atoms with van der Waals surface area (Å²) in [6.07, 6.45) is 1.12. The van der Waals surface area contributed by atoms with E-state index < -0.39 is 0 Å². The lowest BCUT2D eigenvalue weighted by Gasteiger charge is -2.25. The van der Waals surface area contributed by atoms with Crippen molar-refractivity contribution in [3.05, 3.63) is 45.6 Å². The molecule has 0 aliphatic carbocycles. The van der Waals surface area contributed by atoms with Crippen LogP contribution >= 0.6 is 15.9 Å². The second-order valence-electron chi connectivity index (χ2n) is 5.68. The van der Waals surface area contributed by atoms with Gasteiger partial charge < -0.3 is 4.74 Å². The average Bonchev–Trinajstić information content (AvgIpc) is 3.09. The van der Waals surface area contributed by atoms with E-state index >= 15 is 0 Å². The minimum Gasteiger partial charge on any atom is -0.463 e. The quantitative estimate of drug-likeness (QED) is 0.598. The molecular formula is C17H19BrN2O3. The molecule has 6 heteroatoms. The van der Waals surface area contributed by atoms with Crippen molar-refractivity contribution in [3.63, 3.8) is 0 Å². The number of ether oxygens (including phenoxy) is 1. The van der Waals surface area contributed by atoms with Gasteiger partial charge in [0.2, 0.25) is 5.91 Å². The molecule has 5 nitrogen and oxygen atoms in total. The number of carbonyl (C=O) groups is 2. The summed E-state index contributed by atoms with van der Waals surface area (Å²) in [6.45, 7) is 4.53. The van der Waals surface area contributed by atoms with Crippen molar-refractivity contribution in [1.29, 1.82) is 0 Å². The largest absolute Gasteiger partial charge is 0.463 e. The number of carbonyl (C=O) groups excluding carboxylic acids is 2. The van der Waals surface area contributed by atoms with E-state index in [-0.39, 0.29) is 17.9 Å². The first-order valence-corrected chi connectivity index (χ1v) is 8.54. The molecule has 3 rings (SSSR count). The smallest absolute Gasteiger partial charge is 0.335 e. The molecule has 0 saturated carbocycles. The molecule has 0 bridgehead atoms. The lowest BCUT2D eigenvalue weighted by atomic mass is 10.0. The van der Waals surface area contributed by atoms with Crippen molar-refractivity contribution in [2.45, 2.75) is 32.7 Å². The molecule has 1 atom stereocenters. The fraction of sp³-hybridized carbons (Fsp3) is 0.412. The zero-order chi connectivity index (χ0) is 16.6. The van der Waals surface area contributed by atoms with Crippen LogP contribution in [0.5, 0.6) is 0 Å². The van der Waals surface area contributed by atoms with E-state index in [1.807, 2.05) is 12.1 Å². The van der Waals surface area contributed by atoms with Gasteiger partial charge in [-0.1, -0.05) is 28.1 Å². The van der Waals surface area contributed by atoms with Crippen LogP contribution in [0.4, 0.5) is 0 Å². The number of amides is 1. The zero-order valence-corrected chi connectivity index (χ0v) is 14.8. The Morgan fingerprint density at radius 1 is 1.35 bits per heavy atom. The Bertz CT molecular complexity index is 669. The van der Waals surface area contributed by atoms with Gasteiger partial charge in [-0.2, -0.15) is 0 Å². The monoisotopic (exact) mass is 378 g/mol. The Morgan fingerprint density at radius 3 is 2.70 bits per heavy atom. The third-order valence-corrected chi connectivity index (χ3v) is 4.85. The minimum atomic E-state index is -0.349. The number of benzene rings is 1. The number of hydrazine groups is 1. The summed E-state index contributed by atoms with van der Waals surface area (Å²) >= 11 is 3.44. The maximum atomic E-state index is 12.3. The van der Waals surface area contributed by atoms with E-state index in [0.717, 1.165) is 15.7 Å². The summed E-state index contributed by atoms with van der Waals surface area (Å²) in [6, 6.07) is 8.18. The third-order valence-electron chi connectivity index (χ3n) is 4.32. The highest BCUT2D eigenvalue weighted by atomic mass is 79.9. The molecule has 0 N–H and O–H groups in total. The Morgan fingerprint density at radius 2 is 2.04 bits per heavy atom. The number of halogens is 1. The highest BCUT2D eigenvalue weighted by Gasteiger charge is 2.44. The third kappa shape index (κ3) is 2.93. The summed E-state index contributed by atoms with van der Waals surface area (Å²) < 4.78 is 6.12. The van der Waals surface area contributed by atoms with Gasteiger partial charge in [0.1, 0.15) is 0 Å². The van der Waals surface area contributed by atoms with Gasteiger partial charge in [-0.15, -0.1) is 0 Å². The van der Waals surface area contributed by atoms with Crippen molar-refractivity contribution in [2.75, 3.05) is 13.2 Å². The molecular weight excluding hydrogens is 360 g/mol. The second-order valence-corrected chi connectivity index (χ2v) is 6.60. The maximum absolute atomic E-state index is 12.3. The molecule has 1 unspecified atom stereocenters.